The Morgan fingerprint density at radius 3 is 2.54 bits per heavy atom. The first-order valence-corrected chi connectivity index (χ1v) is 3.67. The highest BCUT2D eigenvalue weighted by Crippen LogP contribution is 2.25. The molecule has 1 saturated heterocycles. The highest BCUT2D eigenvalue weighted by Gasteiger charge is 2.46. The van der Waals surface area contributed by atoms with Crippen molar-refractivity contribution in [2.45, 2.75) is 12.2 Å². The van der Waals surface area contributed by atoms with Crippen molar-refractivity contribution in [3.63, 3.8) is 0 Å². The molecule has 4 nitrogen and oxygen atoms in total. The van der Waals surface area contributed by atoms with Gasteiger partial charge in [0.05, 0.1) is 6.54 Å². The third-order valence-electron chi connectivity index (χ3n) is 1.77. The van der Waals surface area contributed by atoms with Crippen LogP contribution in [0.1, 0.15) is 0 Å². The smallest absolute Gasteiger partial charge is 0.410 e. The summed E-state index contributed by atoms with van der Waals surface area (Å²) in [5, 5.41) is 0. The van der Waals surface area contributed by atoms with Gasteiger partial charge in [0, 0.05) is 6.54 Å². The lowest BCUT2D eigenvalue weighted by molar-refractivity contribution is -0.171. The monoisotopic (exact) mass is 198 g/mol. The van der Waals surface area contributed by atoms with Gasteiger partial charge >= 0.3 is 12.3 Å². The zero-order chi connectivity index (χ0) is 10.1. The van der Waals surface area contributed by atoms with Crippen LogP contribution in [-0.2, 0) is 4.74 Å². The van der Waals surface area contributed by atoms with Crippen LogP contribution in [0.2, 0.25) is 0 Å². The van der Waals surface area contributed by atoms with Gasteiger partial charge in [-0.05, 0) is 0 Å². The number of amides is 1. The SMILES string of the molecule is NCC(N1CCOC1=O)C(F)(F)F. The molecule has 1 fully saturated rings. The molecule has 0 radical (unpaired) electrons. The van der Waals surface area contributed by atoms with Crippen LogP contribution < -0.4 is 5.73 Å². The van der Waals surface area contributed by atoms with Crippen LogP contribution >= 0.6 is 0 Å². The molecule has 0 aliphatic carbocycles. The molecule has 2 N–H and O–H groups in total. The molecule has 0 aromatic rings. The number of carbonyl (C=O) groups excluding carboxylic acids is 1. The third kappa shape index (κ3) is 2.03. The minimum Gasteiger partial charge on any atom is -0.448 e. The topological polar surface area (TPSA) is 55.6 Å². The number of cyclic esters (lactones) is 1. The van der Waals surface area contributed by atoms with E-state index in [4.69, 9.17) is 5.73 Å². The normalized spacial score (nSPS) is 20.3. The average Bonchev–Trinajstić information content (AvgIpc) is 2.35. The fourth-order valence-electron chi connectivity index (χ4n) is 1.13. The van der Waals surface area contributed by atoms with Gasteiger partial charge in [-0.15, -0.1) is 0 Å². The molecule has 1 heterocycles. The number of hydrogen-bond donors (Lipinski definition) is 1. The summed E-state index contributed by atoms with van der Waals surface area (Å²) >= 11 is 0. The summed E-state index contributed by atoms with van der Waals surface area (Å²) in [6.45, 7) is -0.704. The minimum absolute atomic E-state index is 0.00852. The molecule has 1 amide bonds. The first-order chi connectivity index (χ1) is 5.96. The number of alkyl halides is 3. The Bertz CT molecular complexity index is 207. The lowest BCUT2D eigenvalue weighted by Crippen LogP contribution is -2.50. The van der Waals surface area contributed by atoms with E-state index in [-0.39, 0.29) is 13.2 Å². The van der Waals surface area contributed by atoms with E-state index in [1.54, 1.807) is 0 Å². The summed E-state index contributed by atoms with van der Waals surface area (Å²) < 4.78 is 41.0. The van der Waals surface area contributed by atoms with E-state index in [0.29, 0.717) is 4.90 Å². The Morgan fingerprint density at radius 2 is 2.23 bits per heavy atom. The fourth-order valence-corrected chi connectivity index (χ4v) is 1.13. The molecular weight excluding hydrogens is 189 g/mol. The van der Waals surface area contributed by atoms with Crippen LogP contribution in [0.25, 0.3) is 0 Å². The van der Waals surface area contributed by atoms with Crippen LogP contribution in [-0.4, -0.2) is 42.9 Å². The van der Waals surface area contributed by atoms with Crippen LogP contribution in [0.4, 0.5) is 18.0 Å². The Morgan fingerprint density at radius 1 is 1.62 bits per heavy atom. The number of hydrogen-bond acceptors (Lipinski definition) is 3. The van der Waals surface area contributed by atoms with E-state index >= 15 is 0 Å². The average molecular weight is 198 g/mol. The maximum Gasteiger partial charge on any atom is 0.410 e. The summed E-state index contributed by atoms with van der Waals surface area (Å²) in [6, 6.07) is -1.93. The van der Waals surface area contributed by atoms with Crippen LogP contribution in [0.5, 0.6) is 0 Å². The van der Waals surface area contributed by atoms with Gasteiger partial charge in [0.15, 0.2) is 0 Å². The summed E-state index contributed by atoms with van der Waals surface area (Å²) in [7, 11) is 0. The first kappa shape index (κ1) is 10.1. The molecule has 1 aliphatic heterocycles. The summed E-state index contributed by atoms with van der Waals surface area (Å²) in [5.41, 5.74) is 4.93. The zero-order valence-corrected chi connectivity index (χ0v) is 6.67. The quantitative estimate of drug-likeness (QED) is 0.695. The second-order valence-corrected chi connectivity index (χ2v) is 2.60. The molecule has 13 heavy (non-hydrogen) atoms. The van der Waals surface area contributed by atoms with Gasteiger partial charge in [-0.1, -0.05) is 0 Å². The summed E-state index contributed by atoms with van der Waals surface area (Å²) in [6.07, 6.45) is -5.44. The number of halogens is 3. The molecule has 1 aliphatic rings. The van der Waals surface area contributed by atoms with Gasteiger partial charge in [-0.25, -0.2) is 4.79 Å². The number of nitrogens with zero attached hydrogens (tertiary/aromatic N) is 1. The summed E-state index contributed by atoms with van der Waals surface area (Å²) in [5.74, 6) is 0. The number of carbonyl (C=O) groups is 1. The van der Waals surface area contributed by atoms with Gasteiger partial charge in [0.1, 0.15) is 12.6 Å². The molecule has 1 atom stereocenters. The molecule has 0 saturated carbocycles. The zero-order valence-electron chi connectivity index (χ0n) is 6.67. The molecule has 1 unspecified atom stereocenters. The number of nitrogens with two attached hydrogens (primary N) is 1. The van der Waals surface area contributed by atoms with Gasteiger partial charge in [-0.2, -0.15) is 13.2 Å². The molecular formula is C6H9F3N2O2. The lowest BCUT2D eigenvalue weighted by Gasteiger charge is -2.26. The van der Waals surface area contributed by atoms with E-state index in [1.165, 1.54) is 0 Å². The Kier molecular flexibility index (Phi) is 2.65. The fraction of sp³-hybridized carbons (Fsp3) is 0.833. The number of ether oxygens (including phenoxy) is 1. The Balaban J connectivity index is 2.71. The van der Waals surface area contributed by atoms with Crippen molar-refractivity contribution < 1.29 is 22.7 Å². The predicted octanol–water partition coefficient (Wildman–Crippen LogP) is 0.328. The van der Waals surface area contributed by atoms with E-state index in [1.807, 2.05) is 0 Å². The molecule has 0 spiro atoms. The van der Waals surface area contributed by atoms with Crippen molar-refractivity contribution >= 4 is 6.09 Å². The first-order valence-electron chi connectivity index (χ1n) is 3.67. The van der Waals surface area contributed by atoms with Crippen molar-refractivity contribution in [2.24, 2.45) is 5.73 Å². The molecule has 0 aromatic carbocycles. The van der Waals surface area contributed by atoms with Gasteiger partial charge in [0.2, 0.25) is 0 Å². The highest BCUT2D eigenvalue weighted by atomic mass is 19.4. The van der Waals surface area contributed by atoms with Gasteiger partial charge in [-0.3, -0.25) is 4.90 Å². The number of rotatable bonds is 2. The molecule has 1 rings (SSSR count). The molecule has 0 aromatic heterocycles. The lowest BCUT2D eigenvalue weighted by atomic mass is 10.2. The maximum absolute atomic E-state index is 12.2. The Hall–Kier alpha value is -0.980. The van der Waals surface area contributed by atoms with Crippen molar-refractivity contribution in [2.75, 3.05) is 19.7 Å². The molecule has 76 valence electrons. The van der Waals surface area contributed by atoms with Crippen LogP contribution in [0.15, 0.2) is 0 Å². The van der Waals surface area contributed by atoms with Crippen LogP contribution in [0.3, 0.4) is 0 Å². The van der Waals surface area contributed by atoms with Gasteiger partial charge < -0.3 is 10.5 Å². The van der Waals surface area contributed by atoms with Crippen molar-refractivity contribution in [3.8, 4) is 0 Å². The van der Waals surface area contributed by atoms with Crippen molar-refractivity contribution in [1.82, 2.24) is 4.90 Å². The largest absolute Gasteiger partial charge is 0.448 e. The van der Waals surface area contributed by atoms with Gasteiger partial charge in [0.25, 0.3) is 0 Å². The van der Waals surface area contributed by atoms with E-state index in [9.17, 15) is 18.0 Å². The second kappa shape index (κ2) is 3.41. The van der Waals surface area contributed by atoms with E-state index in [0.717, 1.165) is 0 Å². The highest BCUT2D eigenvalue weighted by molar-refractivity contribution is 5.69. The maximum atomic E-state index is 12.2. The minimum atomic E-state index is -4.49. The van der Waals surface area contributed by atoms with Crippen LogP contribution in [0, 0.1) is 0 Å². The predicted molar refractivity (Wildman–Crippen MR) is 37.0 cm³/mol. The van der Waals surface area contributed by atoms with Crippen molar-refractivity contribution in [1.29, 1.82) is 0 Å². The second-order valence-electron chi connectivity index (χ2n) is 2.60. The van der Waals surface area contributed by atoms with E-state index < -0.39 is 24.9 Å². The third-order valence-corrected chi connectivity index (χ3v) is 1.77. The standard InChI is InChI=1S/C6H9F3N2O2/c7-6(8,9)4(3-10)11-1-2-13-5(11)12/h4H,1-3,10H2. The Labute approximate surface area is 72.4 Å². The summed E-state index contributed by atoms with van der Waals surface area (Å²) in [4.78, 5) is 11.4. The molecule has 7 heteroatoms. The molecule has 0 bridgehead atoms. The van der Waals surface area contributed by atoms with E-state index in [2.05, 4.69) is 4.74 Å². The van der Waals surface area contributed by atoms with Crippen molar-refractivity contribution in [3.05, 3.63) is 0 Å².